The molecule has 0 saturated carbocycles. The summed E-state index contributed by atoms with van der Waals surface area (Å²) in [7, 11) is 0. The number of rotatable bonds is 9. The fourth-order valence-electron chi connectivity index (χ4n) is 4.20. The van der Waals surface area contributed by atoms with Crippen LogP contribution in [0.2, 0.25) is 0 Å². The highest BCUT2D eigenvalue weighted by Crippen LogP contribution is 2.33. The molecule has 0 unspecified atom stereocenters. The van der Waals surface area contributed by atoms with Crippen molar-refractivity contribution in [1.29, 1.82) is 0 Å². The van der Waals surface area contributed by atoms with Crippen LogP contribution in [0, 0.1) is 5.92 Å². The minimum absolute atomic E-state index is 0.177. The molecule has 6 nitrogen and oxygen atoms in total. The molecular formula is C25H31N3O3. The lowest BCUT2D eigenvalue weighted by molar-refractivity contribution is -0.135. The van der Waals surface area contributed by atoms with E-state index in [0.717, 1.165) is 22.4 Å². The number of amides is 4. The van der Waals surface area contributed by atoms with E-state index >= 15 is 0 Å². The Balaban J connectivity index is 1.77. The molecule has 3 rings (SSSR count). The maximum Gasteiger partial charge on any atom is 0.325 e. The van der Waals surface area contributed by atoms with E-state index in [0.29, 0.717) is 18.8 Å². The second-order valence-corrected chi connectivity index (χ2v) is 8.50. The van der Waals surface area contributed by atoms with Crippen LogP contribution in [0.5, 0.6) is 0 Å². The van der Waals surface area contributed by atoms with Crippen molar-refractivity contribution in [2.75, 3.05) is 6.54 Å². The van der Waals surface area contributed by atoms with Crippen molar-refractivity contribution in [3.05, 3.63) is 71.8 Å². The Morgan fingerprint density at radius 1 is 1.03 bits per heavy atom. The van der Waals surface area contributed by atoms with Crippen molar-refractivity contribution in [1.82, 2.24) is 15.5 Å². The molecule has 1 fully saturated rings. The lowest BCUT2D eigenvalue weighted by atomic mass is 9.85. The van der Waals surface area contributed by atoms with Gasteiger partial charge in [0.15, 0.2) is 0 Å². The summed E-state index contributed by atoms with van der Waals surface area (Å²) in [5, 5.41) is 5.88. The quantitative estimate of drug-likeness (QED) is 0.598. The number of nitrogens with zero attached hydrogens (tertiary/aromatic N) is 1. The highest BCUT2D eigenvalue weighted by atomic mass is 16.2. The summed E-state index contributed by atoms with van der Waals surface area (Å²) < 4.78 is 0. The van der Waals surface area contributed by atoms with Gasteiger partial charge in [-0.2, -0.15) is 0 Å². The molecule has 2 aromatic carbocycles. The Labute approximate surface area is 184 Å². The number of carbonyl (C=O) groups excluding carboxylic acids is 3. The van der Waals surface area contributed by atoms with Gasteiger partial charge in [-0.25, -0.2) is 4.79 Å². The third-order valence-electron chi connectivity index (χ3n) is 5.61. The van der Waals surface area contributed by atoms with Gasteiger partial charge in [0.05, 0.1) is 6.04 Å². The Bertz CT molecular complexity index is 914. The number of hydrogen-bond acceptors (Lipinski definition) is 3. The van der Waals surface area contributed by atoms with Crippen molar-refractivity contribution in [2.24, 2.45) is 5.92 Å². The average Bonchev–Trinajstić information content (AvgIpc) is 2.99. The van der Waals surface area contributed by atoms with Crippen LogP contribution in [0.15, 0.2) is 60.7 Å². The van der Waals surface area contributed by atoms with E-state index in [1.165, 1.54) is 0 Å². The van der Waals surface area contributed by atoms with Crippen molar-refractivity contribution in [3.63, 3.8) is 0 Å². The number of benzene rings is 2. The lowest BCUT2D eigenvalue weighted by Crippen LogP contribution is -2.45. The molecule has 31 heavy (non-hydrogen) atoms. The van der Waals surface area contributed by atoms with Gasteiger partial charge in [0, 0.05) is 0 Å². The van der Waals surface area contributed by atoms with Crippen LogP contribution >= 0.6 is 0 Å². The summed E-state index contributed by atoms with van der Waals surface area (Å²) in [6.07, 6.45) is 1.95. The monoisotopic (exact) mass is 421 g/mol. The van der Waals surface area contributed by atoms with Crippen molar-refractivity contribution < 1.29 is 14.4 Å². The minimum atomic E-state index is -1.12. The SMILES string of the molecule is CCC[C@]1(c2ccccc2)NC(=O)N(CC(=O)N[C@H](CC(C)C)c2ccccc2)C1=O. The molecule has 1 saturated heterocycles. The fourth-order valence-corrected chi connectivity index (χ4v) is 4.20. The van der Waals surface area contributed by atoms with Gasteiger partial charge in [0.1, 0.15) is 12.1 Å². The summed E-state index contributed by atoms with van der Waals surface area (Å²) in [5.74, 6) is -0.350. The number of hydrogen-bond donors (Lipinski definition) is 2. The summed E-state index contributed by atoms with van der Waals surface area (Å²) >= 11 is 0. The third kappa shape index (κ3) is 4.95. The first-order valence-electron chi connectivity index (χ1n) is 10.9. The van der Waals surface area contributed by atoms with Gasteiger partial charge in [0.2, 0.25) is 5.91 Å². The number of urea groups is 1. The van der Waals surface area contributed by atoms with Gasteiger partial charge in [-0.3, -0.25) is 14.5 Å². The molecule has 1 aliphatic heterocycles. The summed E-state index contributed by atoms with van der Waals surface area (Å²) in [6, 6.07) is 18.3. The molecule has 1 heterocycles. The third-order valence-corrected chi connectivity index (χ3v) is 5.61. The maximum atomic E-state index is 13.4. The van der Waals surface area contributed by atoms with Gasteiger partial charge < -0.3 is 10.6 Å². The van der Waals surface area contributed by atoms with Crippen LogP contribution in [0.1, 0.15) is 57.2 Å². The van der Waals surface area contributed by atoms with E-state index < -0.39 is 11.6 Å². The minimum Gasteiger partial charge on any atom is -0.348 e. The molecule has 0 radical (unpaired) electrons. The lowest BCUT2D eigenvalue weighted by Gasteiger charge is -2.27. The Kier molecular flexibility index (Phi) is 7.10. The van der Waals surface area contributed by atoms with E-state index in [1.54, 1.807) is 0 Å². The molecule has 4 amide bonds. The zero-order valence-corrected chi connectivity index (χ0v) is 18.4. The first kappa shape index (κ1) is 22.5. The zero-order chi connectivity index (χ0) is 22.4. The molecule has 0 bridgehead atoms. The van der Waals surface area contributed by atoms with Gasteiger partial charge in [0.25, 0.3) is 5.91 Å². The Morgan fingerprint density at radius 2 is 1.65 bits per heavy atom. The van der Waals surface area contributed by atoms with Gasteiger partial charge in [-0.05, 0) is 29.9 Å². The fraction of sp³-hybridized carbons (Fsp3) is 0.400. The average molecular weight is 422 g/mol. The highest BCUT2D eigenvalue weighted by Gasteiger charge is 2.52. The molecule has 164 valence electrons. The van der Waals surface area contributed by atoms with E-state index in [4.69, 9.17) is 0 Å². The molecular weight excluding hydrogens is 390 g/mol. The van der Waals surface area contributed by atoms with Gasteiger partial charge in [-0.15, -0.1) is 0 Å². The molecule has 0 aromatic heterocycles. The highest BCUT2D eigenvalue weighted by molar-refractivity contribution is 6.09. The molecule has 2 atom stereocenters. The van der Waals surface area contributed by atoms with Gasteiger partial charge >= 0.3 is 6.03 Å². The number of nitrogens with one attached hydrogen (secondary N) is 2. The van der Waals surface area contributed by atoms with Crippen LogP contribution < -0.4 is 10.6 Å². The molecule has 6 heteroatoms. The molecule has 2 aromatic rings. The number of imide groups is 1. The Hall–Kier alpha value is -3.15. The summed E-state index contributed by atoms with van der Waals surface area (Å²) in [6.45, 7) is 5.86. The van der Waals surface area contributed by atoms with Crippen LogP contribution in [0.4, 0.5) is 4.79 Å². The summed E-state index contributed by atoms with van der Waals surface area (Å²) in [4.78, 5) is 40.0. The second kappa shape index (κ2) is 9.77. The zero-order valence-electron chi connectivity index (χ0n) is 18.4. The van der Waals surface area contributed by atoms with E-state index in [2.05, 4.69) is 24.5 Å². The Morgan fingerprint density at radius 3 is 2.23 bits per heavy atom. The smallest absolute Gasteiger partial charge is 0.325 e. The van der Waals surface area contributed by atoms with E-state index in [9.17, 15) is 14.4 Å². The van der Waals surface area contributed by atoms with E-state index in [-0.39, 0.29) is 24.4 Å². The molecule has 1 aliphatic rings. The van der Waals surface area contributed by atoms with Crippen molar-refractivity contribution in [3.8, 4) is 0 Å². The van der Waals surface area contributed by atoms with Crippen LogP contribution in [0.25, 0.3) is 0 Å². The van der Waals surface area contributed by atoms with Crippen LogP contribution in [-0.2, 0) is 15.1 Å². The predicted octanol–water partition coefficient (Wildman–Crippen LogP) is 4.14. The van der Waals surface area contributed by atoms with Crippen LogP contribution in [-0.4, -0.2) is 29.3 Å². The predicted molar refractivity (Wildman–Crippen MR) is 120 cm³/mol. The number of carbonyl (C=O) groups is 3. The topological polar surface area (TPSA) is 78.5 Å². The van der Waals surface area contributed by atoms with Crippen LogP contribution in [0.3, 0.4) is 0 Å². The normalized spacial score (nSPS) is 19.4. The van der Waals surface area contributed by atoms with Crippen molar-refractivity contribution in [2.45, 2.75) is 51.6 Å². The molecule has 0 spiro atoms. The van der Waals surface area contributed by atoms with Gasteiger partial charge in [-0.1, -0.05) is 87.9 Å². The second-order valence-electron chi connectivity index (χ2n) is 8.50. The van der Waals surface area contributed by atoms with E-state index in [1.807, 2.05) is 67.6 Å². The summed E-state index contributed by atoms with van der Waals surface area (Å²) in [5.41, 5.74) is 0.621. The largest absolute Gasteiger partial charge is 0.348 e. The first-order valence-corrected chi connectivity index (χ1v) is 10.9. The maximum absolute atomic E-state index is 13.4. The molecule has 2 N–H and O–H groups in total. The standard InChI is InChI=1S/C25H31N3O3/c1-4-15-25(20-13-9-6-10-14-20)23(30)28(24(31)27-25)17-22(29)26-21(16-18(2)3)19-11-7-5-8-12-19/h5-14,18,21H,4,15-17H2,1-3H3,(H,26,29)(H,27,31)/t21-,25-/m1/s1. The molecule has 0 aliphatic carbocycles. The van der Waals surface area contributed by atoms with Crippen molar-refractivity contribution >= 4 is 17.8 Å². The first-order chi connectivity index (χ1) is 14.9.